The molecule has 2 aromatic rings. The average Bonchev–Trinajstić information content (AvgIpc) is 2.58. The second-order valence-corrected chi connectivity index (χ2v) is 5.72. The van der Waals surface area contributed by atoms with E-state index >= 15 is 0 Å². The zero-order chi connectivity index (χ0) is 16.2. The normalized spacial score (nSPS) is 14.7. The molecule has 122 valence electrons. The first-order valence-electron chi connectivity index (χ1n) is 7.70. The van der Waals surface area contributed by atoms with Gasteiger partial charge in [0.25, 0.3) is 0 Å². The van der Waals surface area contributed by atoms with Gasteiger partial charge in [-0.25, -0.2) is 9.97 Å². The summed E-state index contributed by atoms with van der Waals surface area (Å²) in [5.41, 5.74) is 1.91. The number of hydrogen-bond donors (Lipinski definition) is 1. The highest BCUT2D eigenvalue weighted by atomic mass is 16.5. The highest BCUT2D eigenvalue weighted by Crippen LogP contribution is 2.20. The van der Waals surface area contributed by atoms with Gasteiger partial charge in [-0.3, -0.25) is 0 Å². The summed E-state index contributed by atoms with van der Waals surface area (Å²) in [4.78, 5) is 17.6. The molecule has 0 amide bonds. The van der Waals surface area contributed by atoms with E-state index in [4.69, 9.17) is 4.74 Å². The maximum absolute atomic E-state index is 5.36. The van der Waals surface area contributed by atoms with Crippen LogP contribution in [0, 0.1) is 6.92 Å². The number of hydrogen-bond acceptors (Lipinski definition) is 7. The fraction of sp³-hybridized carbons (Fsp3) is 0.438. The van der Waals surface area contributed by atoms with Crippen LogP contribution in [0.4, 0.5) is 23.3 Å². The Morgan fingerprint density at radius 3 is 2.57 bits per heavy atom. The van der Waals surface area contributed by atoms with Gasteiger partial charge in [-0.15, -0.1) is 0 Å². The van der Waals surface area contributed by atoms with Gasteiger partial charge in [-0.2, -0.15) is 4.98 Å². The molecule has 23 heavy (non-hydrogen) atoms. The molecule has 0 unspecified atom stereocenters. The zero-order valence-electron chi connectivity index (χ0n) is 13.8. The summed E-state index contributed by atoms with van der Waals surface area (Å²) in [6.45, 7) is 5.27. The first-order chi connectivity index (χ1) is 11.1. The van der Waals surface area contributed by atoms with Crippen molar-refractivity contribution in [3.8, 4) is 0 Å². The summed E-state index contributed by atoms with van der Waals surface area (Å²) >= 11 is 0. The van der Waals surface area contributed by atoms with Crippen molar-refractivity contribution in [3.05, 3.63) is 30.1 Å². The van der Waals surface area contributed by atoms with Crippen molar-refractivity contribution in [1.82, 2.24) is 15.0 Å². The second kappa shape index (κ2) is 6.78. The third-order valence-corrected chi connectivity index (χ3v) is 3.71. The van der Waals surface area contributed by atoms with E-state index in [0.29, 0.717) is 5.95 Å². The lowest BCUT2D eigenvalue weighted by Crippen LogP contribution is -2.36. The third-order valence-electron chi connectivity index (χ3n) is 3.71. The van der Waals surface area contributed by atoms with Crippen LogP contribution >= 0.6 is 0 Å². The summed E-state index contributed by atoms with van der Waals surface area (Å²) in [5, 5.41) is 3.20. The largest absolute Gasteiger partial charge is 0.378 e. The standard InChI is InChI=1S/C16H22N6O/c1-12-10-18-16(20-15(12)21(2)3)19-13-4-5-14(17-11-13)22-6-8-23-9-7-22/h4-5,10-11H,6-9H2,1-3H3,(H,18,19,20). The van der Waals surface area contributed by atoms with E-state index in [-0.39, 0.29) is 0 Å². The van der Waals surface area contributed by atoms with Crippen LogP contribution in [0.5, 0.6) is 0 Å². The molecule has 1 saturated heterocycles. The van der Waals surface area contributed by atoms with Gasteiger partial charge in [-0.1, -0.05) is 0 Å². The van der Waals surface area contributed by atoms with Crippen LogP contribution in [0.2, 0.25) is 0 Å². The molecular formula is C16H22N6O. The molecule has 1 aliphatic heterocycles. The minimum absolute atomic E-state index is 0.570. The number of aryl methyl sites for hydroxylation is 1. The van der Waals surface area contributed by atoms with Crippen molar-refractivity contribution in [1.29, 1.82) is 0 Å². The quantitative estimate of drug-likeness (QED) is 0.923. The molecule has 2 aromatic heterocycles. The molecule has 0 saturated carbocycles. The van der Waals surface area contributed by atoms with Crippen LogP contribution in [0.25, 0.3) is 0 Å². The molecule has 7 nitrogen and oxygen atoms in total. The van der Waals surface area contributed by atoms with E-state index in [1.54, 1.807) is 0 Å². The van der Waals surface area contributed by atoms with Crippen molar-refractivity contribution in [2.75, 3.05) is 55.5 Å². The number of nitrogens with one attached hydrogen (secondary N) is 1. The van der Waals surface area contributed by atoms with Crippen molar-refractivity contribution in [2.45, 2.75) is 6.92 Å². The summed E-state index contributed by atoms with van der Waals surface area (Å²) in [6, 6.07) is 4.01. The number of pyridine rings is 1. The van der Waals surface area contributed by atoms with Crippen LogP contribution in [0.15, 0.2) is 24.5 Å². The third kappa shape index (κ3) is 3.68. The zero-order valence-corrected chi connectivity index (χ0v) is 13.8. The van der Waals surface area contributed by atoms with Crippen LogP contribution in [-0.2, 0) is 4.74 Å². The predicted octanol–water partition coefficient (Wildman–Crippen LogP) is 1.83. The van der Waals surface area contributed by atoms with Crippen molar-refractivity contribution in [3.63, 3.8) is 0 Å². The van der Waals surface area contributed by atoms with Crippen molar-refractivity contribution < 1.29 is 4.74 Å². The SMILES string of the molecule is Cc1cnc(Nc2ccc(N3CCOCC3)nc2)nc1N(C)C. The van der Waals surface area contributed by atoms with E-state index in [0.717, 1.165) is 49.2 Å². The van der Waals surface area contributed by atoms with Gasteiger partial charge in [0, 0.05) is 38.9 Å². The van der Waals surface area contributed by atoms with Gasteiger partial charge >= 0.3 is 0 Å². The van der Waals surface area contributed by atoms with Gasteiger partial charge in [0.05, 0.1) is 25.1 Å². The van der Waals surface area contributed by atoms with Crippen molar-refractivity contribution in [2.24, 2.45) is 0 Å². The maximum Gasteiger partial charge on any atom is 0.229 e. The molecule has 0 aliphatic carbocycles. The van der Waals surface area contributed by atoms with E-state index in [9.17, 15) is 0 Å². The first-order valence-corrected chi connectivity index (χ1v) is 7.70. The first kappa shape index (κ1) is 15.5. The Labute approximate surface area is 136 Å². The smallest absolute Gasteiger partial charge is 0.229 e. The lowest BCUT2D eigenvalue weighted by atomic mass is 10.3. The maximum atomic E-state index is 5.36. The second-order valence-electron chi connectivity index (χ2n) is 5.72. The Balaban J connectivity index is 1.72. The summed E-state index contributed by atoms with van der Waals surface area (Å²) in [7, 11) is 3.94. The minimum atomic E-state index is 0.570. The fourth-order valence-electron chi connectivity index (χ4n) is 2.51. The summed E-state index contributed by atoms with van der Waals surface area (Å²) in [5.74, 6) is 2.44. The molecule has 0 radical (unpaired) electrons. The van der Waals surface area contributed by atoms with Gasteiger partial charge in [0.1, 0.15) is 11.6 Å². The minimum Gasteiger partial charge on any atom is -0.378 e. The van der Waals surface area contributed by atoms with E-state index in [2.05, 4.69) is 25.2 Å². The van der Waals surface area contributed by atoms with Crippen LogP contribution in [0.1, 0.15) is 5.56 Å². The van der Waals surface area contributed by atoms with Gasteiger partial charge in [0.2, 0.25) is 5.95 Å². The number of nitrogens with zero attached hydrogens (tertiary/aromatic N) is 5. The fourth-order valence-corrected chi connectivity index (χ4v) is 2.51. The number of morpholine rings is 1. The highest BCUT2D eigenvalue weighted by Gasteiger charge is 2.12. The van der Waals surface area contributed by atoms with Gasteiger partial charge in [0.15, 0.2) is 0 Å². The Hall–Kier alpha value is -2.41. The molecule has 0 atom stereocenters. The van der Waals surface area contributed by atoms with Crippen molar-refractivity contribution >= 4 is 23.3 Å². The Kier molecular flexibility index (Phi) is 4.57. The molecule has 3 rings (SSSR count). The molecule has 1 fully saturated rings. The molecule has 0 spiro atoms. The lowest BCUT2D eigenvalue weighted by Gasteiger charge is -2.27. The summed E-state index contributed by atoms with van der Waals surface area (Å²) < 4.78 is 5.36. The predicted molar refractivity (Wildman–Crippen MR) is 91.6 cm³/mol. The van der Waals surface area contributed by atoms with E-state index < -0.39 is 0 Å². The Bertz CT molecular complexity index is 652. The monoisotopic (exact) mass is 314 g/mol. The van der Waals surface area contributed by atoms with E-state index in [1.807, 2.05) is 50.4 Å². The average molecular weight is 314 g/mol. The van der Waals surface area contributed by atoms with Gasteiger partial charge < -0.3 is 19.9 Å². The topological polar surface area (TPSA) is 66.4 Å². The Morgan fingerprint density at radius 1 is 1.13 bits per heavy atom. The number of aromatic nitrogens is 3. The van der Waals surface area contributed by atoms with Crippen LogP contribution < -0.4 is 15.1 Å². The lowest BCUT2D eigenvalue weighted by molar-refractivity contribution is 0.122. The molecule has 7 heteroatoms. The van der Waals surface area contributed by atoms with E-state index in [1.165, 1.54) is 0 Å². The number of anilines is 4. The van der Waals surface area contributed by atoms with Crippen LogP contribution in [0.3, 0.4) is 0 Å². The molecule has 3 heterocycles. The van der Waals surface area contributed by atoms with Gasteiger partial charge in [-0.05, 0) is 19.1 Å². The Morgan fingerprint density at radius 2 is 1.91 bits per heavy atom. The highest BCUT2D eigenvalue weighted by molar-refractivity contribution is 5.57. The summed E-state index contributed by atoms with van der Waals surface area (Å²) in [6.07, 6.45) is 3.63. The molecule has 0 bridgehead atoms. The molecule has 0 aromatic carbocycles. The molecule has 1 N–H and O–H groups in total. The molecular weight excluding hydrogens is 292 g/mol. The molecule has 1 aliphatic rings. The number of ether oxygens (including phenoxy) is 1. The number of rotatable bonds is 4. The van der Waals surface area contributed by atoms with Crippen LogP contribution in [-0.4, -0.2) is 55.4 Å².